The lowest BCUT2D eigenvalue weighted by Gasteiger charge is -2.24. The van der Waals surface area contributed by atoms with Crippen LogP contribution in [0.4, 0.5) is 4.39 Å². The Hall–Kier alpha value is -2.42. The lowest BCUT2D eigenvalue weighted by atomic mass is 9.84. The Morgan fingerprint density at radius 2 is 1.69 bits per heavy atom. The first-order valence-corrected chi connectivity index (χ1v) is 9.00. The number of aromatic nitrogens is 1. The molecule has 136 valence electrons. The summed E-state index contributed by atoms with van der Waals surface area (Å²) in [5.41, 5.74) is 4.36. The first-order valence-electron chi connectivity index (χ1n) is 9.00. The van der Waals surface area contributed by atoms with Crippen molar-refractivity contribution in [2.45, 2.75) is 46.0 Å². The van der Waals surface area contributed by atoms with Crippen molar-refractivity contribution in [2.24, 2.45) is 0 Å². The van der Waals surface area contributed by atoms with Crippen LogP contribution in [0, 0.1) is 5.82 Å². The van der Waals surface area contributed by atoms with Gasteiger partial charge in [-0.1, -0.05) is 52.8 Å². The molecule has 0 N–H and O–H groups in total. The molecule has 0 saturated heterocycles. The minimum atomic E-state index is -0.230. The molecule has 26 heavy (non-hydrogen) atoms. The predicted molar refractivity (Wildman–Crippen MR) is 106 cm³/mol. The number of nitrogens with zero attached hydrogens (tertiary/aromatic N) is 1. The van der Waals surface area contributed by atoms with Crippen molar-refractivity contribution >= 4 is 10.9 Å². The van der Waals surface area contributed by atoms with Crippen LogP contribution in [0.1, 0.15) is 51.8 Å². The topological polar surface area (TPSA) is 22.1 Å². The summed E-state index contributed by atoms with van der Waals surface area (Å²) in [5.74, 6) is 0.396. The molecule has 0 amide bonds. The van der Waals surface area contributed by atoms with Crippen molar-refractivity contribution in [2.75, 3.05) is 7.11 Å². The van der Waals surface area contributed by atoms with Gasteiger partial charge in [-0.25, -0.2) is 4.39 Å². The summed E-state index contributed by atoms with van der Waals surface area (Å²) in [5, 5.41) is 1.06. The number of ether oxygens (including phenoxy) is 1. The first kappa shape index (κ1) is 18.4. The molecule has 0 fully saturated rings. The fourth-order valence-electron chi connectivity index (χ4n) is 3.29. The van der Waals surface area contributed by atoms with Crippen molar-refractivity contribution in [3.63, 3.8) is 0 Å². The molecule has 0 spiro atoms. The van der Waals surface area contributed by atoms with Gasteiger partial charge in [0.25, 0.3) is 0 Å². The van der Waals surface area contributed by atoms with Gasteiger partial charge < -0.3 is 4.74 Å². The molecule has 3 aromatic rings. The highest BCUT2D eigenvalue weighted by Crippen LogP contribution is 2.40. The molecule has 1 aromatic heterocycles. The van der Waals surface area contributed by atoms with Crippen LogP contribution in [0.3, 0.4) is 0 Å². The molecular formula is C23H26FNO. The van der Waals surface area contributed by atoms with E-state index < -0.39 is 0 Å². The number of halogens is 1. The third kappa shape index (κ3) is 3.31. The number of pyridine rings is 1. The van der Waals surface area contributed by atoms with E-state index in [1.807, 2.05) is 38.1 Å². The number of hydrogen-bond donors (Lipinski definition) is 0. The van der Waals surface area contributed by atoms with Crippen LogP contribution in [0.2, 0.25) is 0 Å². The van der Waals surface area contributed by atoms with E-state index in [0.717, 1.165) is 27.7 Å². The molecule has 0 aliphatic carbocycles. The summed E-state index contributed by atoms with van der Waals surface area (Å²) in [7, 11) is 1.58. The Morgan fingerprint density at radius 1 is 1.00 bits per heavy atom. The lowest BCUT2D eigenvalue weighted by Crippen LogP contribution is -2.15. The molecule has 0 aliphatic rings. The standard InChI is InChI=1S/C23H26FNO/c1-14(2)16-12-17(21(26-6)13-19(16)24)18-11-15-9-7-8-10-20(15)25-22(18)23(3,4)5/h7-14H,1-6H3. The number of fused-ring (bicyclic) bond motifs is 1. The van der Waals surface area contributed by atoms with Crippen molar-refractivity contribution in [3.05, 3.63) is 59.5 Å². The summed E-state index contributed by atoms with van der Waals surface area (Å²) >= 11 is 0. The van der Waals surface area contributed by atoms with E-state index >= 15 is 0 Å². The smallest absolute Gasteiger partial charge is 0.130 e. The Balaban J connectivity index is 2.38. The van der Waals surface area contributed by atoms with E-state index in [4.69, 9.17) is 9.72 Å². The van der Waals surface area contributed by atoms with Crippen LogP contribution in [-0.4, -0.2) is 12.1 Å². The van der Waals surface area contributed by atoms with Gasteiger partial charge in [-0.05, 0) is 29.7 Å². The molecule has 0 radical (unpaired) electrons. The van der Waals surface area contributed by atoms with E-state index in [2.05, 4.69) is 32.9 Å². The number of rotatable bonds is 3. The second kappa shape index (κ2) is 6.71. The summed E-state index contributed by atoms with van der Waals surface area (Å²) in [4.78, 5) is 4.95. The third-order valence-electron chi connectivity index (χ3n) is 4.67. The van der Waals surface area contributed by atoms with Crippen LogP contribution in [0.5, 0.6) is 5.75 Å². The van der Waals surface area contributed by atoms with E-state index in [1.165, 1.54) is 6.07 Å². The van der Waals surface area contributed by atoms with E-state index in [1.54, 1.807) is 7.11 Å². The minimum Gasteiger partial charge on any atom is -0.496 e. The Kier molecular flexibility index (Phi) is 4.74. The Morgan fingerprint density at radius 3 is 2.31 bits per heavy atom. The number of para-hydroxylation sites is 1. The number of hydrogen-bond acceptors (Lipinski definition) is 2. The molecule has 2 nitrogen and oxygen atoms in total. The highest BCUT2D eigenvalue weighted by molar-refractivity contribution is 5.87. The zero-order chi connectivity index (χ0) is 19.1. The SMILES string of the molecule is COc1cc(F)c(C(C)C)cc1-c1cc2ccccc2nc1C(C)(C)C. The zero-order valence-corrected chi connectivity index (χ0v) is 16.4. The van der Waals surface area contributed by atoms with E-state index in [9.17, 15) is 4.39 Å². The van der Waals surface area contributed by atoms with Gasteiger partial charge in [-0.2, -0.15) is 0 Å². The van der Waals surface area contributed by atoms with Crippen molar-refractivity contribution in [1.29, 1.82) is 0 Å². The lowest BCUT2D eigenvalue weighted by molar-refractivity contribution is 0.412. The van der Waals surface area contributed by atoms with Crippen LogP contribution in [-0.2, 0) is 5.41 Å². The quantitative estimate of drug-likeness (QED) is 0.539. The van der Waals surface area contributed by atoms with Gasteiger partial charge in [-0.15, -0.1) is 0 Å². The second-order valence-electron chi connectivity index (χ2n) is 8.06. The van der Waals surface area contributed by atoms with Crippen molar-refractivity contribution in [3.8, 4) is 16.9 Å². The maximum absolute atomic E-state index is 14.5. The van der Waals surface area contributed by atoms with Gasteiger partial charge in [0.05, 0.1) is 18.3 Å². The van der Waals surface area contributed by atoms with Crippen molar-refractivity contribution < 1.29 is 9.13 Å². The van der Waals surface area contributed by atoms with E-state index in [0.29, 0.717) is 11.3 Å². The average Bonchev–Trinajstić information content (AvgIpc) is 2.59. The van der Waals surface area contributed by atoms with Crippen LogP contribution in [0.25, 0.3) is 22.0 Å². The van der Waals surface area contributed by atoms with Gasteiger partial charge in [-0.3, -0.25) is 4.98 Å². The molecule has 0 bridgehead atoms. The third-order valence-corrected chi connectivity index (χ3v) is 4.67. The molecule has 0 aliphatic heterocycles. The highest BCUT2D eigenvalue weighted by atomic mass is 19.1. The molecule has 0 unspecified atom stereocenters. The molecule has 0 saturated carbocycles. The van der Waals surface area contributed by atoms with Gasteiger partial charge in [0.15, 0.2) is 0 Å². The summed E-state index contributed by atoms with van der Waals surface area (Å²) in [6.45, 7) is 10.4. The molecule has 0 atom stereocenters. The fraction of sp³-hybridized carbons (Fsp3) is 0.348. The number of benzene rings is 2. The number of methoxy groups -OCH3 is 1. The maximum atomic E-state index is 14.5. The van der Waals surface area contributed by atoms with Gasteiger partial charge >= 0.3 is 0 Å². The Labute approximate surface area is 155 Å². The van der Waals surface area contributed by atoms with Gasteiger partial charge in [0.1, 0.15) is 11.6 Å². The second-order valence-corrected chi connectivity index (χ2v) is 8.06. The normalized spacial score (nSPS) is 12.0. The van der Waals surface area contributed by atoms with E-state index in [-0.39, 0.29) is 17.2 Å². The monoisotopic (exact) mass is 351 g/mol. The van der Waals surface area contributed by atoms with Gasteiger partial charge in [0.2, 0.25) is 0 Å². The molecular weight excluding hydrogens is 325 g/mol. The van der Waals surface area contributed by atoms with Crippen LogP contribution >= 0.6 is 0 Å². The molecule has 3 rings (SSSR count). The summed E-state index contributed by atoms with van der Waals surface area (Å²) in [6, 6.07) is 13.6. The summed E-state index contributed by atoms with van der Waals surface area (Å²) < 4.78 is 20.0. The molecule has 1 heterocycles. The fourth-order valence-corrected chi connectivity index (χ4v) is 3.29. The van der Waals surface area contributed by atoms with Gasteiger partial charge in [0, 0.05) is 28.0 Å². The largest absolute Gasteiger partial charge is 0.496 e. The predicted octanol–water partition coefficient (Wildman–Crippen LogP) is 6.47. The molecule has 3 heteroatoms. The first-order chi connectivity index (χ1) is 12.2. The summed E-state index contributed by atoms with van der Waals surface area (Å²) in [6.07, 6.45) is 0. The zero-order valence-electron chi connectivity index (χ0n) is 16.4. The Bertz CT molecular complexity index is 954. The average molecular weight is 351 g/mol. The minimum absolute atomic E-state index is 0.0890. The highest BCUT2D eigenvalue weighted by Gasteiger charge is 2.24. The maximum Gasteiger partial charge on any atom is 0.130 e. The molecule has 2 aromatic carbocycles. The van der Waals surface area contributed by atoms with Crippen LogP contribution in [0.15, 0.2) is 42.5 Å². The van der Waals surface area contributed by atoms with Crippen LogP contribution < -0.4 is 4.74 Å². The van der Waals surface area contributed by atoms with Crippen molar-refractivity contribution in [1.82, 2.24) is 4.98 Å².